The Labute approximate surface area is 278 Å². The maximum absolute atomic E-state index is 17.0. The molecule has 0 bridgehead atoms. The van der Waals surface area contributed by atoms with Crippen molar-refractivity contribution in [3.8, 4) is 35.4 Å². The van der Waals surface area contributed by atoms with Crippen LogP contribution in [0.4, 0.5) is 10.2 Å². The molecule has 248 valence electrons. The molecule has 11 heteroatoms. The predicted molar refractivity (Wildman–Crippen MR) is 182 cm³/mol. The molecule has 0 saturated carbocycles. The van der Waals surface area contributed by atoms with Crippen LogP contribution in [0.1, 0.15) is 51.0 Å². The number of terminal acetylenes is 1. The van der Waals surface area contributed by atoms with E-state index in [1.54, 1.807) is 31.2 Å². The summed E-state index contributed by atoms with van der Waals surface area (Å²) in [5.41, 5.74) is -0.292. The van der Waals surface area contributed by atoms with Crippen molar-refractivity contribution in [1.29, 1.82) is 0 Å². The van der Waals surface area contributed by atoms with Gasteiger partial charge in [-0.3, -0.25) is 14.7 Å². The van der Waals surface area contributed by atoms with Crippen LogP contribution in [0.2, 0.25) is 0 Å². The van der Waals surface area contributed by atoms with Gasteiger partial charge in [-0.1, -0.05) is 24.6 Å². The van der Waals surface area contributed by atoms with Crippen LogP contribution in [0, 0.1) is 18.2 Å². The molecule has 7 rings (SSSR count). The van der Waals surface area contributed by atoms with Crippen LogP contribution in [0.25, 0.3) is 32.9 Å². The van der Waals surface area contributed by atoms with Gasteiger partial charge in [-0.05, 0) is 88.2 Å². The van der Waals surface area contributed by atoms with E-state index in [-0.39, 0.29) is 34.4 Å². The van der Waals surface area contributed by atoms with Crippen molar-refractivity contribution in [3.63, 3.8) is 0 Å². The number of rotatable bonds is 7. The number of carbonyl (C=O) groups excluding carboxylic acids is 1. The van der Waals surface area contributed by atoms with Crippen LogP contribution < -0.4 is 15.0 Å². The Hall–Kier alpha value is -4.79. The summed E-state index contributed by atoms with van der Waals surface area (Å²) in [4.78, 5) is 30.8. The number of phenolic OH excluding ortho intramolecular Hbond substituents is 1. The smallest absolute Gasteiger partial charge is 0.319 e. The van der Waals surface area contributed by atoms with E-state index in [1.165, 1.54) is 18.3 Å². The molecule has 1 amide bonds. The zero-order chi connectivity index (χ0) is 33.6. The van der Waals surface area contributed by atoms with Gasteiger partial charge in [0.2, 0.25) is 5.91 Å². The summed E-state index contributed by atoms with van der Waals surface area (Å²) in [6.07, 6.45) is 13.5. The molecule has 2 aromatic carbocycles. The highest BCUT2D eigenvalue weighted by molar-refractivity contribution is 6.02. The minimum Gasteiger partial charge on any atom is -0.508 e. The number of carbonyl (C=O) groups is 1. The molecule has 2 aromatic heterocycles. The molecule has 4 aromatic rings. The maximum atomic E-state index is 17.0. The SMILES string of the molecule is C#Cc1cccc2cc(O)cc(-c3ncc4c(N5CC[C@](C)(O)C[C@H](NC(=O)C=C)C5)nc(OCC56CCCN5CCC6)nc4c3F)c12. The van der Waals surface area contributed by atoms with Crippen LogP contribution in [0.5, 0.6) is 11.8 Å². The number of phenols is 1. The number of aromatic hydroxyl groups is 1. The summed E-state index contributed by atoms with van der Waals surface area (Å²) in [5, 5.41) is 26.2. The van der Waals surface area contributed by atoms with Crippen LogP contribution >= 0.6 is 0 Å². The summed E-state index contributed by atoms with van der Waals surface area (Å²) < 4.78 is 23.3. The molecule has 0 unspecified atom stereocenters. The number of hydrogen-bond donors (Lipinski definition) is 3. The van der Waals surface area contributed by atoms with Gasteiger partial charge in [-0.2, -0.15) is 9.97 Å². The van der Waals surface area contributed by atoms with Crippen LogP contribution in [0.15, 0.2) is 49.2 Å². The zero-order valence-corrected chi connectivity index (χ0v) is 27.0. The number of hydrogen-bond acceptors (Lipinski definition) is 9. The number of fused-ring (bicyclic) bond motifs is 3. The quantitative estimate of drug-likeness (QED) is 0.193. The minimum absolute atomic E-state index is 0.00423. The number of anilines is 1. The number of aromatic nitrogens is 3. The molecule has 3 aliphatic heterocycles. The fraction of sp³-hybridized carbons (Fsp3) is 0.405. The average Bonchev–Trinajstić information content (AvgIpc) is 3.61. The average molecular weight is 651 g/mol. The monoisotopic (exact) mass is 650 g/mol. The van der Waals surface area contributed by atoms with E-state index in [0.717, 1.165) is 38.8 Å². The van der Waals surface area contributed by atoms with Crippen molar-refractivity contribution in [2.24, 2.45) is 0 Å². The van der Waals surface area contributed by atoms with E-state index in [4.69, 9.17) is 16.1 Å². The van der Waals surface area contributed by atoms with Crippen molar-refractivity contribution in [3.05, 3.63) is 60.6 Å². The Morgan fingerprint density at radius 3 is 2.77 bits per heavy atom. The topological polar surface area (TPSA) is 124 Å². The summed E-state index contributed by atoms with van der Waals surface area (Å²) in [7, 11) is 0. The number of ether oxygens (including phenoxy) is 1. The molecular formula is C37H39FN6O4. The highest BCUT2D eigenvalue weighted by Gasteiger charge is 2.45. The highest BCUT2D eigenvalue weighted by atomic mass is 19.1. The van der Waals surface area contributed by atoms with Gasteiger partial charge in [0, 0.05) is 41.8 Å². The first kappa shape index (κ1) is 31.8. The first-order valence-corrected chi connectivity index (χ1v) is 16.5. The first-order chi connectivity index (χ1) is 23.1. The molecular weight excluding hydrogens is 611 g/mol. The second-order valence-corrected chi connectivity index (χ2v) is 13.6. The standard InChI is InChI=1S/C37H39FN6O4/c1-4-23-9-6-10-24-17-26(45)18-27(30(23)24)32-31(38)33-28(20-39-32)34(43-16-13-36(3,47)19-25(21-43)40-29(46)5-2)42-35(41-33)48-22-37-11-7-14-44(37)15-8-12-37/h1,5-6,9-10,17-18,20,25,45,47H,2,7-8,11-16,19,21-22H2,3H3,(H,40,46)/t25-,36-/m0/s1. The van der Waals surface area contributed by atoms with Gasteiger partial charge in [0.1, 0.15) is 29.4 Å². The van der Waals surface area contributed by atoms with E-state index >= 15 is 4.39 Å². The fourth-order valence-corrected chi connectivity index (χ4v) is 7.87. The van der Waals surface area contributed by atoms with E-state index in [9.17, 15) is 15.0 Å². The Morgan fingerprint density at radius 1 is 1.23 bits per heavy atom. The zero-order valence-electron chi connectivity index (χ0n) is 27.0. The Kier molecular flexibility index (Phi) is 8.17. The van der Waals surface area contributed by atoms with Crippen molar-refractivity contribution in [1.82, 2.24) is 25.2 Å². The summed E-state index contributed by atoms with van der Waals surface area (Å²) in [6, 6.07) is 7.98. The number of pyridine rings is 1. The second kappa shape index (κ2) is 12.3. The number of nitrogens with one attached hydrogen (secondary N) is 1. The van der Waals surface area contributed by atoms with Gasteiger partial charge in [-0.25, -0.2) is 4.39 Å². The van der Waals surface area contributed by atoms with Crippen LogP contribution in [-0.2, 0) is 4.79 Å². The largest absolute Gasteiger partial charge is 0.508 e. The number of halogens is 1. The highest BCUT2D eigenvalue weighted by Crippen LogP contribution is 2.41. The van der Waals surface area contributed by atoms with Gasteiger partial charge >= 0.3 is 6.01 Å². The predicted octanol–water partition coefficient (Wildman–Crippen LogP) is 4.70. The van der Waals surface area contributed by atoms with Gasteiger partial charge < -0.3 is 25.2 Å². The van der Waals surface area contributed by atoms with E-state index in [0.29, 0.717) is 65.6 Å². The van der Waals surface area contributed by atoms with Gasteiger partial charge in [0.25, 0.3) is 0 Å². The second-order valence-electron chi connectivity index (χ2n) is 13.6. The molecule has 3 N–H and O–H groups in total. The molecule has 10 nitrogen and oxygen atoms in total. The third kappa shape index (κ3) is 5.80. The molecule has 0 aliphatic carbocycles. The molecule has 2 atom stereocenters. The normalized spacial score (nSPS) is 22.3. The summed E-state index contributed by atoms with van der Waals surface area (Å²) in [5.74, 6) is 1.94. The molecule has 3 aliphatic rings. The summed E-state index contributed by atoms with van der Waals surface area (Å²) >= 11 is 0. The summed E-state index contributed by atoms with van der Waals surface area (Å²) in [6.45, 7) is 8.41. The van der Waals surface area contributed by atoms with Crippen molar-refractivity contribution in [2.75, 3.05) is 37.7 Å². The lowest BCUT2D eigenvalue weighted by molar-refractivity contribution is -0.117. The fourth-order valence-electron chi connectivity index (χ4n) is 7.87. The van der Waals surface area contributed by atoms with Crippen molar-refractivity contribution < 1.29 is 24.1 Å². The number of aliphatic hydroxyl groups is 1. The third-order valence-corrected chi connectivity index (χ3v) is 10.2. The molecule has 48 heavy (non-hydrogen) atoms. The number of nitrogens with zero attached hydrogens (tertiary/aromatic N) is 5. The van der Waals surface area contributed by atoms with E-state index in [2.05, 4.69) is 32.7 Å². The van der Waals surface area contributed by atoms with Crippen molar-refractivity contribution in [2.45, 2.75) is 62.6 Å². The molecule has 5 heterocycles. The Balaban J connectivity index is 1.37. The van der Waals surface area contributed by atoms with Crippen LogP contribution in [0.3, 0.4) is 0 Å². The van der Waals surface area contributed by atoms with Crippen molar-refractivity contribution >= 4 is 33.4 Å². The number of amides is 1. The van der Waals surface area contributed by atoms with E-state index in [1.807, 2.05) is 4.90 Å². The molecule has 3 fully saturated rings. The third-order valence-electron chi connectivity index (χ3n) is 10.2. The van der Waals surface area contributed by atoms with Gasteiger partial charge in [0.15, 0.2) is 5.82 Å². The molecule has 0 spiro atoms. The van der Waals surface area contributed by atoms with E-state index < -0.39 is 17.5 Å². The molecule has 3 saturated heterocycles. The lowest BCUT2D eigenvalue weighted by Gasteiger charge is -2.31. The molecule has 0 radical (unpaired) electrons. The Morgan fingerprint density at radius 2 is 2.02 bits per heavy atom. The maximum Gasteiger partial charge on any atom is 0.319 e. The van der Waals surface area contributed by atoms with Gasteiger partial charge in [0.05, 0.1) is 16.5 Å². The van der Waals surface area contributed by atoms with Crippen LogP contribution in [-0.4, -0.2) is 85.9 Å². The lowest BCUT2D eigenvalue weighted by atomic mass is 9.95. The lowest BCUT2D eigenvalue weighted by Crippen LogP contribution is -2.44. The number of benzene rings is 2. The Bertz CT molecular complexity index is 1960. The first-order valence-electron chi connectivity index (χ1n) is 16.5. The van der Waals surface area contributed by atoms with Gasteiger partial charge in [-0.15, -0.1) is 6.42 Å². The minimum atomic E-state index is -1.06.